The Hall–Kier alpha value is -2.96. The molecule has 1 atom stereocenters. The number of hydrogen-bond donors (Lipinski definition) is 1. The van der Waals surface area contributed by atoms with E-state index in [0.29, 0.717) is 17.3 Å². The number of fused-ring (bicyclic) bond motifs is 1. The van der Waals surface area contributed by atoms with Gasteiger partial charge in [0.1, 0.15) is 11.5 Å². The van der Waals surface area contributed by atoms with Gasteiger partial charge in [0.25, 0.3) is 5.91 Å². The van der Waals surface area contributed by atoms with Gasteiger partial charge in [-0.25, -0.2) is 0 Å². The normalized spacial score (nSPS) is 15.6. The number of thioether (sulfide) groups is 1. The maximum absolute atomic E-state index is 13.3. The average Bonchev–Trinajstić information content (AvgIpc) is 3.49. The zero-order valence-electron chi connectivity index (χ0n) is 16.1. The Morgan fingerprint density at radius 1 is 1.13 bits per heavy atom. The van der Waals surface area contributed by atoms with Crippen molar-refractivity contribution >= 4 is 29.3 Å². The van der Waals surface area contributed by atoms with Gasteiger partial charge in [-0.15, -0.1) is 11.8 Å². The van der Waals surface area contributed by atoms with Crippen molar-refractivity contribution in [2.24, 2.45) is 0 Å². The Labute approximate surface area is 183 Å². The zero-order valence-corrected chi connectivity index (χ0v) is 17.7. The van der Waals surface area contributed by atoms with E-state index in [9.17, 15) is 4.79 Å². The molecule has 5 nitrogen and oxygen atoms in total. The number of nitrogens with one attached hydrogen (secondary N) is 1. The first kappa shape index (κ1) is 19.0. The SMILES string of the molecule is CSc1ccc(C2c3c(-c4ccc(Cl)cc4)n[nH]c3C(=O)N2Cc2ccco2)cc1. The number of benzene rings is 2. The van der Waals surface area contributed by atoms with Gasteiger partial charge in [-0.2, -0.15) is 5.10 Å². The number of halogens is 1. The summed E-state index contributed by atoms with van der Waals surface area (Å²) in [6, 6.07) is 19.3. The number of hydrogen-bond acceptors (Lipinski definition) is 4. The lowest BCUT2D eigenvalue weighted by Gasteiger charge is -2.25. The molecule has 3 heterocycles. The van der Waals surface area contributed by atoms with Crippen molar-refractivity contribution < 1.29 is 9.21 Å². The summed E-state index contributed by atoms with van der Waals surface area (Å²) in [6.45, 7) is 0.378. The van der Waals surface area contributed by atoms with Crippen LogP contribution < -0.4 is 0 Å². The molecule has 0 bridgehead atoms. The van der Waals surface area contributed by atoms with E-state index in [-0.39, 0.29) is 11.9 Å². The van der Waals surface area contributed by atoms with E-state index in [0.717, 1.165) is 28.1 Å². The fourth-order valence-electron chi connectivity index (χ4n) is 3.89. The molecule has 30 heavy (non-hydrogen) atoms. The summed E-state index contributed by atoms with van der Waals surface area (Å²) in [5, 5.41) is 8.12. The van der Waals surface area contributed by atoms with Crippen molar-refractivity contribution in [2.75, 3.05) is 6.26 Å². The van der Waals surface area contributed by atoms with E-state index in [4.69, 9.17) is 16.0 Å². The quantitative estimate of drug-likeness (QED) is 0.403. The zero-order chi connectivity index (χ0) is 20.7. The van der Waals surface area contributed by atoms with Crippen LogP contribution in [0.2, 0.25) is 5.02 Å². The number of carbonyl (C=O) groups is 1. The first-order valence-corrected chi connectivity index (χ1v) is 11.1. The van der Waals surface area contributed by atoms with E-state index < -0.39 is 0 Å². The second kappa shape index (κ2) is 7.70. The fraction of sp³-hybridized carbons (Fsp3) is 0.130. The van der Waals surface area contributed by atoms with Gasteiger partial charge in [0, 0.05) is 21.0 Å². The molecule has 7 heteroatoms. The van der Waals surface area contributed by atoms with Crippen LogP contribution in [0.25, 0.3) is 11.3 Å². The third-order valence-corrected chi connectivity index (χ3v) is 6.31. The number of nitrogens with zero attached hydrogens (tertiary/aromatic N) is 2. The van der Waals surface area contributed by atoms with Crippen LogP contribution in [0.3, 0.4) is 0 Å². The van der Waals surface area contributed by atoms with Crippen molar-refractivity contribution in [1.29, 1.82) is 0 Å². The standard InChI is InChI=1S/C23H18ClN3O2S/c1-30-18-10-6-15(7-11-18)22-19-20(14-4-8-16(24)9-5-14)25-26-21(19)23(28)27(22)13-17-3-2-12-29-17/h2-12,22H,13H2,1H3,(H,25,26). The molecule has 2 aromatic heterocycles. The van der Waals surface area contributed by atoms with Gasteiger partial charge in [-0.3, -0.25) is 9.89 Å². The minimum Gasteiger partial charge on any atom is -0.467 e. The van der Waals surface area contributed by atoms with Crippen LogP contribution in [-0.4, -0.2) is 27.3 Å². The van der Waals surface area contributed by atoms with Gasteiger partial charge in [0.15, 0.2) is 0 Å². The molecular formula is C23H18ClN3O2S. The van der Waals surface area contributed by atoms with Crippen LogP contribution in [0.15, 0.2) is 76.2 Å². The van der Waals surface area contributed by atoms with Crippen LogP contribution >= 0.6 is 23.4 Å². The number of carbonyl (C=O) groups excluding carboxylic acids is 1. The minimum atomic E-state index is -0.266. The van der Waals surface area contributed by atoms with E-state index in [1.165, 1.54) is 4.90 Å². The molecule has 1 N–H and O–H groups in total. The van der Waals surface area contributed by atoms with Crippen LogP contribution in [0.5, 0.6) is 0 Å². The summed E-state index contributed by atoms with van der Waals surface area (Å²) in [5.41, 5.74) is 4.10. The summed E-state index contributed by atoms with van der Waals surface area (Å²) in [7, 11) is 0. The summed E-state index contributed by atoms with van der Waals surface area (Å²) in [5.74, 6) is 0.647. The Bertz CT molecular complexity index is 1180. The second-order valence-electron chi connectivity index (χ2n) is 7.06. The minimum absolute atomic E-state index is 0.0898. The maximum atomic E-state index is 13.3. The predicted octanol–water partition coefficient (Wildman–Crippen LogP) is 5.79. The molecule has 4 aromatic rings. The molecule has 0 radical (unpaired) electrons. The number of amides is 1. The molecule has 1 amide bonds. The Balaban J connectivity index is 1.64. The Morgan fingerprint density at radius 3 is 2.57 bits per heavy atom. The molecule has 1 aliphatic heterocycles. The van der Waals surface area contributed by atoms with Gasteiger partial charge in [-0.1, -0.05) is 35.9 Å². The van der Waals surface area contributed by atoms with Crippen molar-refractivity contribution in [3.63, 3.8) is 0 Å². The Morgan fingerprint density at radius 2 is 1.90 bits per heavy atom. The largest absolute Gasteiger partial charge is 0.467 e. The average molecular weight is 436 g/mol. The van der Waals surface area contributed by atoms with E-state index >= 15 is 0 Å². The maximum Gasteiger partial charge on any atom is 0.273 e. The molecule has 150 valence electrons. The van der Waals surface area contributed by atoms with Crippen LogP contribution in [0.1, 0.15) is 33.4 Å². The predicted molar refractivity (Wildman–Crippen MR) is 118 cm³/mol. The van der Waals surface area contributed by atoms with Crippen molar-refractivity contribution in [3.05, 3.63) is 94.5 Å². The topological polar surface area (TPSA) is 62.1 Å². The van der Waals surface area contributed by atoms with Crippen molar-refractivity contribution in [3.8, 4) is 11.3 Å². The highest BCUT2D eigenvalue weighted by Gasteiger charge is 2.42. The molecule has 1 unspecified atom stereocenters. The van der Waals surface area contributed by atoms with E-state index in [1.54, 1.807) is 18.0 Å². The summed E-state index contributed by atoms with van der Waals surface area (Å²) in [4.78, 5) is 16.3. The first-order chi connectivity index (χ1) is 14.7. The molecule has 1 aliphatic rings. The highest BCUT2D eigenvalue weighted by Crippen LogP contribution is 2.43. The lowest BCUT2D eigenvalue weighted by atomic mass is 9.96. The number of H-pyrrole nitrogens is 1. The monoisotopic (exact) mass is 435 g/mol. The number of furan rings is 1. The molecule has 0 aliphatic carbocycles. The fourth-order valence-corrected chi connectivity index (χ4v) is 4.42. The smallest absolute Gasteiger partial charge is 0.273 e. The molecular weight excluding hydrogens is 418 g/mol. The lowest BCUT2D eigenvalue weighted by molar-refractivity contribution is 0.0717. The van der Waals surface area contributed by atoms with Crippen LogP contribution in [0, 0.1) is 0 Å². The third kappa shape index (κ3) is 3.22. The number of rotatable bonds is 5. The molecule has 0 fully saturated rings. The number of aromatic nitrogens is 2. The molecule has 0 spiro atoms. The molecule has 2 aromatic carbocycles. The van der Waals surface area contributed by atoms with Gasteiger partial charge < -0.3 is 9.32 Å². The second-order valence-corrected chi connectivity index (χ2v) is 8.37. The van der Waals surface area contributed by atoms with Gasteiger partial charge in [0.2, 0.25) is 0 Å². The molecule has 0 saturated heterocycles. The van der Waals surface area contributed by atoms with Gasteiger partial charge in [0.05, 0.1) is 24.5 Å². The van der Waals surface area contributed by atoms with Gasteiger partial charge in [-0.05, 0) is 48.2 Å². The van der Waals surface area contributed by atoms with Crippen LogP contribution in [-0.2, 0) is 6.54 Å². The van der Waals surface area contributed by atoms with E-state index in [2.05, 4.69) is 34.5 Å². The molecule has 5 rings (SSSR count). The number of aromatic amines is 1. The highest BCUT2D eigenvalue weighted by atomic mass is 35.5. The first-order valence-electron chi connectivity index (χ1n) is 9.47. The van der Waals surface area contributed by atoms with Gasteiger partial charge >= 0.3 is 0 Å². The van der Waals surface area contributed by atoms with E-state index in [1.807, 2.05) is 47.6 Å². The summed E-state index contributed by atoms with van der Waals surface area (Å²) < 4.78 is 5.53. The van der Waals surface area contributed by atoms with Crippen molar-refractivity contribution in [1.82, 2.24) is 15.1 Å². The Kier molecular flexibility index (Phi) is 4.89. The highest BCUT2D eigenvalue weighted by molar-refractivity contribution is 7.98. The summed E-state index contributed by atoms with van der Waals surface area (Å²) in [6.07, 6.45) is 3.67. The summed E-state index contributed by atoms with van der Waals surface area (Å²) >= 11 is 7.75. The third-order valence-electron chi connectivity index (χ3n) is 5.32. The lowest BCUT2D eigenvalue weighted by Crippen LogP contribution is -2.28. The van der Waals surface area contributed by atoms with Crippen molar-refractivity contribution in [2.45, 2.75) is 17.5 Å². The van der Waals surface area contributed by atoms with Crippen LogP contribution in [0.4, 0.5) is 0 Å². The molecule has 0 saturated carbocycles.